The van der Waals surface area contributed by atoms with Crippen molar-refractivity contribution >= 4 is 33.5 Å². The van der Waals surface area contributed by atoms with Crippen LogP contribution in [0.5, 0.6) is 0 Å². The number of nitrogens with zero attached hydrogens (tertiary/aromatic N) is 5. The van der Waals surface area contributed by atoms with E-state index in [-0.39, 0.29) is 18.5 Å². The number of likely N-dealkylation sites (N-methyl/N-ethyl adjacent to an activating group) is 1. The van der Waals surface area contributed by atoms with Crippen LogP contribution in [-0.2, 0) is 17.9 Å². The van der Waals surface area contributed by atoms with Crippen LogP contribution in [-0.4, -0.2) is 57.3 Å². The normalized spacial score (nSPS) is 18.6. The third-order valence-corrected chi connectivity index (χ3v) is 7.52. The number of rotatable bonds is 4. The Hall–Kier alpha value is -3.28. The number of thiazole rings is 1. The van der Waals surface area contributed by atoms with Crippen LogP contribution in [0, 0.1) is 11.3 Å². The standard InChI is InChI=1S/C24H23N5O2S/c1-27-23(31)29(15-18-4-2-17(13-25)3-5-18)22(30)24(27)8-10-28(11-9-24)14-19-6-7-21-20(12-19)26-16-32-21/h2-7,12,16H,8-11,14-15H2,1H3. The van der Waals surface area contributed by atoms with Crippen molar-refractivity contribution in [1.82, 2.24) is 19.7 Å². The first-order chi connectivity index (χ1) is 15.5. The van der Waals surface area contributed by atoms with Gasteiger partial charge in [0, 0.05) is 26.7 Å². The van der Waals surface area contributed by atoms with E-state index in [9.17, 15) is 9.59 Å². The van der Waals surface area contributed by atoms with Gasteiger partial charge >= 0.3 is 6.03 Å². The smallest absolute Gasteiger partial charge is 0.312 e. The molecule has 3 amide bonds. The van der Waals surface area contributed by atoms with E-state index >= 15 is 0 Å². The number of aromatic nitrogens is 1. The van der Waals surface area contributed by atoms with Crippen LogP contribution in [0.3, 0.4) is 0 Å². The van der Waals surface area contributed by atoms with E-state index in [1.807, 2.05) is 5.51 Å². The molecule has 5 rings (SSSR count). The van der Waals surface area contributed by atoms with E-state index in [1.54, 1.807) is 47.5 Å². The molecule has 0 atom stereocenters. The van der Waals surface area contributed by atoms with Crippen LogP contribution in [0.15, 0.2) is 48.0 Å². The molecule has 32 heavy (non-hydrogen) atoms. The van der Waals surface area contributed by atoms with E-state index in [0.717, 1.165) is 30.7 Å². The molecule has 0 radical (unpaired) electrons. The molecule has 0 aliphatic carbocycles. The van der Waals surface area contributed by atoms with Crippen molar-refractivity contribution in [1.29, 1.82) is 5.26 Å². The molecule has 162 valence electrons. The lowest BCUT2D eigenvalue weighted by Crippen LogP contribution is -2.55. The highest BCUT2D eigenvalue weighted by Gasteiger charge is 2.56. The van der Waals surface area contributed by atoms with Crippen LogP contribution in [0.2, 0.25) is 0 Å². The third-order valence-electron chi connectivity index (χ3n) is 6.71. The summed E-state index contributed by atoms with van der Waals surface area (Å²) in [5.41, 5.74) is 4.73. The number of piperidine rings is 1. The van der Waals surface area contributed by atoms with E-state index in [2.05, 4.69) is 34.2 Å². The highest BCUT2D eigenvalue weighted by atomic mass is 32.1. The molecule has 2 aliphatic rings. The lowest BCUT2D eigenvalue weighted by molar-refractivity contribution is -0.135. The summed E-state index contributed by atoms with van der Waals surface area (Å²) in [5, 5.41) is 8.97. The molecule has 0 saturated carbocycles. The molecule has 2 aliphatic heterocycles. The monoisotopic (exact) mass is 445 g/mol. The molecule has 0 unspecified atom stereocenters. The number of likely N-dealkylation sites (tertiary alicyclic amines) is 1. The second kappa shape index (κ2) is 8.01. The fourth-order valence-corrected chi connectivity index (χ4v) is 5.40. The predicted octanol–water partition coefficient (Wildman–Crippen LogP) is 3.60. The van der Waals surface area contributed by atoms with E-state index in [0.29, 0.717) is 18.4 Å². The number of benzene rings is 2. The Morgan fingerprint density at radius 3 is 2.50 bits per heavy atom. The average Bonchev–Trinajstić information content (AvgIpc) is 3.35. The van der Waals surface area contributed by atoms with Crippen LogP contribution in [0.25, 0.3) is 10.2 Å². The SMILES string of the molecule is CN1C(=O)N(Cc2ccc(C#N)cc2)C(=O)C12CCN(Cc1ccc3scnc3c1)CC2. The first kappa shape index (κ1) is 20.6. The Kier molecular flexibility index (Phi) is 5.16. The number of imide groups is 1. The Morgan fingerprint density at radius 1 is 1.06 bits per heavy atom. The van der Waals surface area contributed by atoms with Gasteiger partial charge in [-0.1, -0.05) is 18.2 Å². The minimum Gasteiger partial charge on any atom is -0.312 e. The Labute approximate surface area is 190 Å². The van der Waals surface area contributed by atoms with Gasteiger partial charge in [-0.15, -0.1) is 11.3 Å². The summed E-state index contributed by atoms with van der Waals surface area (Å²) >= 11 is 1.64. The molecule has 0 N–H and O–H groups in total. The van der Waals surface area contributed by atoms with Gasteiger partial charge in [0.1, 0.15) is 5.54 Å². The lowest BCUT2D eigenvalue weighted by atomic mass is 9.86. The number of amides is 3. The molecule has 0 bridgehead atoms. The molecule has 2 saturated heterocycles. The van der Waals surface area contributed by atoms with Crippen LogP contribution >= 0.6 is 11.3 Å². The quantitative estimate of drug-likeness (QED) is 0.573. The van der Waals surface area contributed by atoms with Gasteiger partial charge in [-0.05, 0) is 48.2 Å². The average molecular weight is 446 g/mol. The zero-order valence-electron chi connectivity index (χ0n) is 17.8. The fraction of sp³-hybridized carbons (Fsp3) is 0.333. The minimum absolute atomic E-state index is 0.113. The van der Waals surface area contributed by atoms with Gasteiger partial charge in [-0.3, -0.25) is 14.6 Å². The molecule has 2 aromatic carbocycles. The predicted molar refractivity (Wildman–Crippen MR) is 122 cm³/mol. The van der Waals surface area contributed by atoms with Crippen molar-refractivity contribution in [2.24, 2.45) is 0 Å². The van der Waals surface area contributed by atoms with Crippen LogP contribution < -0.4 is 0 Å². The van der Waals surface area contributed by atoms with Crippen LogP contribution in [0.4, 0.5) is 4.79 Å². The molecular weight excluding hydrogens is 422 g/mol. The highest BCUT2D eigenvalue weighted by molar-refractivity contribution is 7.16. The van der Waals surface area contributed by atoms with E-state index < -0.39 is 5.54 Å². The molecule has 3 heterocycles. The fourth-order valence-electron chi connectivity index (χ4n) is 4.74. The molecule has 7 nitrogen and oxygen atoms in total. The van der Waals surface area contributed by atoms with E-state index in [4.69, 9.17) is 5.26 Å². The van der Waals surface area contributed by atoms with Crippen LogP contribution in [0.1, 0.15) is 29.5 Å². The number of nitriles is 1. The van der Waals surface area contributed by atoms with Gasteiger partial charge in [-0.2, -0.15) is 5.26 Å². The van der Waals surface area contributed by atoms with Crippen molar-refractivity contribution in [3.8, 4) is 6.07 Å². The zero-order chi connectivity index (χ0) is 22.3. The topological polar surface area (TPSA) is 80.5 Å². The van der Waals surface area contributed by atoms with Gasteiger partial charge in [0.15, 0.2) is 0 Å². The minimum atomic E-state index is -0.765. The Balaban J connectivity index is 1.27. The Bertz CT molecular complexity index is 1220. The van der Waals surface area contributed by atoms with Crippen molar-refractivity contribution in [3.63, 3.8) is 0 Å². The largest absolute Gasteiger partial charge is 0.327 e. The molecule has 8 heteroatoms. The highest BCUT2D eigenvalue weighted by Crippen LogP contribution is 2.37. The summed E-state index contributed by atoms with van der Waals surface area (Å²) in [5.74, 6) is -0.113. The number of fused-ring (bicyclic) bond motifs is 1. The summed E-state index contributed by atoms with van der Waals surface area (Å²) in [6.45, 7) is 2.55. The third kappa shape index (κ3) is 3.44. The van der Waals surface area contributed by atoms with Crippen molar-refractivity contribution in [2.75, 3.05) is 20.1 Å². The Morgan fingerprint density at radius 2 is 1.78 bits per heavy atom. The number of carbonyl (C=O) groups is 2. The van der Waals surface area contributed by atoms with E-state index in [1.165, 1.54) is 15.2 Å². The maximum atomic E-state index is 13.4. The van der Waals surface area contributed by atoms with Gasteiger partial charge in [0.25, 0.3) is 5.91 Å². The number of urea groups is 1. The van der Waals surface area contributed by atoms with Gasteiger partial charge in [-0.25, -0.2) is 9.78 Å². The second-order valence-corrected chi connectivity index (χ2v) is 9.39. The molecule has 1 aromatic heterocycles. The van der Waals surface area contributed by atoms with Crippen molar-refractivity contribution in [2.45, 2.75) is 31.5 Å². The maximum absolute atomic E-state index is 13.4. The lowest BCUT2D eigenvalue weighted by Gasteiger charge is -2.40. The summed E-state index contributed by atoms with van der Waals surface area (Å²) in [7, 11) is 1.74. The van der Waals surface area contributed by atoms with Gasteiger partial charge in [0.2, 0.25) is 0 Å². The van der Waals surface area contributed by atoms with Crippen molar-refractivity contribution < 1.29 is 9.59 Å². The number of hydrogen-bond donors (Lipinski definition) is 0. The number of hydrogen-bond acceptors (Lipinski definition) is 6. The zero-order valence-corrected chi connectivity index (χ0v) is 18.6. The summed E-state index contributed by atoms with van der Waals surface area (Å²) in [4.78, 5) is 36.1. The summed E-state index contributed by atoms with van der Waals surface area (Å²) < 4.78 is 1.19. The molecule has 3 aromatic rings. The summed E-state index contributed by atoms with van der Waals surface area (Å²) in [6, 6.07) is 15.2. The number of carbonyl (C=O) groups excluding carboxylic acids is 2. The molecule has 1 spiro atoms. The first-order valence-corrected chi connectivity index (χ1v) is 11.5. The van der Waals surface area contributed by atoms with Gasteiger partial charge < -0.3 is 4.90 Å². The molecular formula is C24H23N5O2S. The summed E-state index contributed by atoms with van der Waals surface area (Å²) in [6.07, 6.45) is 1.24. The maximum Gasteiger partial charge on any atom is 0.327 e. The second-order valence-electron chi connectivity index (χ2n) is 8.50. The molecule has 2 fully saturated rings. The van der Waals surface area contributed by atoms with Gasteiger partial charge in [0.05, 0.1) is 33.9 Å². The van der Waals surface area contributed by atoms with Crippen molar-refractivity contribution in [3.05, 3.63) is 64.7 Å². The first-order valence-electron chi connectivity index (χ1n) is 10.6.